The first kappa shape index (κ1) is 14.9. The van der Waals surface area contributed by atoms with Crippen molar-refractivity contribution in [2.45, 2.75) is 45.4 Å². The fourth-order valence-electron chi connectivity index (χ4n) is 2.78. The van der Waals surface area contributed by atoms with E-state index in [1.807, 2.05) is 25.1 Å². The number of methoxy groups -OCH3 is 1. The summed E-state index contributed by atoms with van der Waals surface area (Å²) in [6.45, 7) is 2.45. The molecule has 1 fully saturated rings. The molecule has 110 valence electrons. The van der Waals surface area contributed by atoms with Crippen LogP contribution in [0.1, 0.15) is 44.1 Å². The summed E-state index contributed by atoms with van der Waals surface area (Å²) in [5.41, 5.74) is 1.13. The first-order valence-corrected chi connectivity index (χ1v) is 7.51. The van der Waals surface area contributed by atoms with Gasteiger partial charge < -0.3 is 9.47 Å². The Balaban J connectivity index is 1.81. The second kappa shape index (κ2) is 7.32. The van der Waals surface area contributed by atoms with E-state index in [9.17, 15) is 4.79 Å². The molecule has 0 bridgehead atoms. The van der Waals surface area contributed by atoms with Gasteiger partial charge in [0.15, 0.2) is 11.5 Å². The lowest BCUT2D eigenvalue weighted by Crippen LogP contribution is -2.19. The third-order valence-corrected chi connectivity index (χ3v) is 3.99. The molecule has 0 unspecified atom stereocenters. The highest BCUT2D eigenvalue weighted by Gasteiger charge is 2.20. The summed E-state index contributed by atoms with van der Waals surface area (Å²) in [7, 11) is 1.63. The Morgan fingerprint density at radius 1 is 1.20 bits per heavy atom. The third kappa shape index (κ3) is 3.99. The molecule has 0 N–H and O–H groups in total. The van der Waals surface area contributed by atoms with Crippen molar-refractivity contribution in [2.75, 3.05) is 13.7 Å². The highest BCUT2D eigenvalue weighted by atomic mass is 16.5. The van der Waals surface area contributed by atoms with Crippen molar-refractivity contribution in [2.24, 2.45) is 5.92 Å². The molecule has 0 saturated heterocycles. The van der Waals surface area contributed by atoms with Gasteiger partial charge in [-0.15, -0.1) is 0 Å². The lowest BCUT2D eigenvalue weighted by molar-refractivity contribution is -0.124. The topological polar surface area (TPSA) is 35.5 Å². The summed E-state index contributed by atoms with van der Waals surface area (Å²) in [4.78, 5) is 12.1. The molecule has 1 aliphatic carbocycles. The molecule has 20 heavy (non-hydrogen) atoms. The standard InChI is InChI=1S/C17H24O3/c1-13-8-9-16(17(12-13)19-2)20-11-10-15(18)14-6-4-3-5-7-14/h8-9,12,14H,3-7,10-11H2,1-2H3. The van der Waals surface area contributed by atoms with Gasteiger partial charge in [0.2, 0.25) is 0 Å². The number of hydrogen-bond donors (Lipinski definition) is 0. The molecule has 0 aliphatic heterocycles. The highest BCUT2D eigenvalue weighted by Crippen LogP contribution is 2.28. The molecule has 0 amide bonds. The zero-order chi connectivity index (χ0) is 14.4. The van der Waals surface area contributed by atoms with Gasteiger partial charge in [0, 0.05) is 12.3 Å². The monoisotopic (exact) mass is 276 g/mol. The van der Waals surface area contributed by atoms with Crippen LogP contribution >= 0.6 is 0 Å². The fourth-order valence-corrected chi connectivity index (χ4v) is 2.78. The average Bonchev–Trinajstić information content (AvgIpc) is 2.49. The minimum Gasteiger partial charge on any atom is -0.493 e. The largest absolute Gasteiger partial charge is 0.493 e. The van der Waals surface area contributed by atoms with Crippen LogP contribution in [0.4, 0.5) is 0 Å². The Bertz CT molecular complexity index is 448. The maximum absolute atomic E-state index is 12.1. The van der Waals surface area contributed by atoms with Crippen molar-refractivity contribution < 1.29 is 14.3 Å². The summed E-state index contributed by atoms with van der Waals surface area (Å²) in [5, 5.41) is 0. The minimum atomic E-state index is 0.271. The van der Waals surface area contributed by atoms with Crippen LogP contribution in [0, 0.1) is 12.8 Å². The van der Waals surface area contributed by atoms with Crippen LogP contribution in [0.15, 0.2) is 18.2 Å². The number of hydrogen-bond acceptors (Lipinski definition) is 3. The van der Waals surface area contributed by atoms with E-state index >= 15 is 0 Å². The summed E-state index contributed by atoms with van der Waals surface area (Å²) in [6, 6.07) is 5.83. The molecule has 3 heteroatoms. The van der Waals surface area contributed by atoms with Crippen LogP contribution in [0.5, 0.6) is 11.5 Å². The zero-order valence-corrected chi connectivity index (χ0v) is 12.5. The first-order valence-electron chi connectivity index (χ1n) is 7.51. The lowest BCUT2D eigenvalue weighted by atomic mass is 9.85. The molecule has 3 nitrogen and oxygen atoms in total. The van der Waals surface area contributed by atoms with Crippen LogP contribution in [0.2, 0.25) is 0 Å². The molecule has 1 aromatic rings. The van der Waals surface area contributed by atoms with Crippen molar-refractivity contribution >= 4 is 5.78 Å². The Kier molecular flexibility index (Phi) is 5.45. The van der Waals surface area contributed by atoms with E-state index in [4.69, 9.17) is 9.47 Å². The molecule has 0 atom stereocenters. The molecule has 1 aliphatic rings. The second-order valence-corrected chi connectivity index (χ2v) is 5.55. The molecule has 1 aromatic carbocycles. The number of ether oxygens (including phenoxy) is 2. The molecular formula is C17H24O3. The smallest absolute Gasteiger partial charge is 0.161 e. The molecule has 0 aromatic heterocycles. The number of carbonyl (C=O) groups excluding carboxylic acids is 1. The van der Waals surface area contributed by atoms with Gasteiger partial charge in [-0.05, 0) is 37.5 Å². The van der Waals surface area contributed by atoms with E-state index in [0.717, 1.165) is 29.9 Å². The van der Waals surface area contributed by atoms with Gasteiger partial charge in [-0.25, -0.2) is 0 Å². The van der Waals surface area contributed by atoms with Gasteiger partial charge in [-0.1, -0.05) is 25.3 Å². The highest BCUT2D eigenvalue weighted by molar-refractivity contribution is 5.81. The van der Waals surface area contributed by atoms with Crippen molar-refractivity contribution in [3.8, 4) is 11.5 Å². The van der Waals surface area contributed by atoms with E-state index in [0.29, 0.717) is 18.8 Å². The third-order valence-electron chi connectivity index (χ3n) is 3.99. The van der Waals surface area contributed by atoms with E-state index in [2.05, 4.69) is 0 Å². The number of aryl methyl sites for hydroxylation is 1. The maximum Gasteiger partial charge on any atom is 0.161 e. The Labute approximate surface area is 121 Å². The lowest BCUT2D eigenvalue weighted by Gasteiger charge is -2.20. The van der Waals surface area contributed by atoms with Gasteiger partial charge in [0.05, 0.1) is 13.7 Å². The predicted octanol–water partition coefficient (Wildman–Crippen LogP) is 3.92. The van der Waals surface area contributed by atoms with Gasteiger partial charge in [-0.3, -0.25) is 4.79 Å². The van der Waals surface area contributed by atoms with Crippen LogP contribution < -0.4 is 9.47 Å². The van der Waals surface area contributed by atoms with Crippen molar-refractivity contribution in [3.63, 3.8) is 0 Å². The van der Waals surface area contributed by atoms with E-state index in [1.165, 1.54) is 19.3 Å². The van der Waals surface area contributed by atoms with E-state index in [1.54, 1.807) is 7.11 Å². The average molecular weight is 276 g/mol. The minimum absolute atomic E-state index is 0.271. The Morgan fingerprint density at radius 3 is 2.65 bits per heavy atom. The molecular weight excluding hydrogens is 252 g/mol. The normalized spacial score (nSPS) is 15.9. The summed E-state index contributed by atoms with van der Waals surface area (Å²) in [6.07, 6.45) is 6.30. The van der Waals surface area contributed by atoms with Gasteiger partial charge >= 0.3 is 0 Å². The van der Waals surface area contributed by atoms with Crippen molar-refractivity contribution in [1.29, 1.82) is 0 Å². The number of benzene rings is 1. The van der Waals surface area contributed by atoms with Gasteiger partial charge in [-0.2, -0.15) is 0 Å². The summed E-state index contributed by atoms with van der Waals surface area (Å²) in [5.74, 6) is 2.08. The Hall–Kier alpha value is -1.51. The van der Waals surface area contributed by atoms with E-state index < -0.39 is 0 Å². The number of rotatable bonds is 6. The second-order valence-electron chi connectivity index (χ2n) is 5.55. The van der Waals surface area contributed by atoms with E-state index in [-0.39, 0.29) is 5.92 Å². The maximum atomic E-state index is 12.1. The SMILES string of the molecule is COc1cc(C)ccc1OCCC(=O)C1CCCCC1. The summed E-state index contributed by atoms with van der Waals surface area (Å²) < 4.78 is 11.0. The zero-order valence-electron chi connectivity index (χ0n) is 12.5. The first-order chi connectivity index (χ1) is 9.70. The number of Topliss-reactive ketones (excluding diaryl/α,β-unsaturated/α-hetero) is 1. The Morgan fingerprint density at radius 2 is 1.95 bits per heavy atom. The molecule has 2 rings (SSSR count). The quantitative estimate of drug-likeness (QED) is 0.790. The van der Waals surface area contributed by atoms with Crippen LogP contribution in [0.3, 0.4) is 0 Å². The molecule has 1 saturated carbocycles. The van der Waals surface area contributed by atoms with Crippen LogP contribution in [0.25, 0.3) is 0 Å². The molecule has 0 spiro atoms. The molecule has 0 heterocycles. The van der Waals surface area contributed by atoms with Crippen molar-refractivity contribution in [1.82, 2.24) is 0 Å². The molecule has 0 radical (unpaired) electrons. The van der Waals surface area contributed by atoms with Gasteiger partial charge in [0.1, 0.15) is 5.78 Å². The van der Waals surface area contributed by atoms with Gasteiger partial charge in [0.25, 0.3) is 0 Å². The summed E-state index contributed by atoms with van der Waals surface area (Å²) >= 11 is 0. The number of ketones is 1. The number of carbonyl (C=O) groups is 1. The predicted molar refractivity (Wildman–Crippen MR) is 79.4 cm³/mol. The van der Waals surface area contributed by atoms with Crippen LogP contribution in [-0.4, -0.2) is 19.5 Å². The van der Waals surface area contributed by atoms with Crippen molar-refractivity contribution in [3.05, 3.63) is 23.8 Å². The van der Waals surface area contributed by atoms with Crippen LogP contribution in [-0.2, 0) is 4.79 Å². The fraction of sp³-hybridized carbons (Fsp3) is 0.588.